The van der Waals surface area contributed by atoms with Crippen LogP contribution in [-0.4, -0.2) is 51.9 Å². The molecule has 9 heteroatoms. The van der Waals surface area contributed by atoms with Crippen LogP contribution in [0.25, 0.3) is 0 Å². The lowest BCUT2D eigenvalue weighted by atomic mass is 10.3. The Bertz CT molecular complexity index is 481. The van der Waals surface area contributed by atoms with Gasteiger partial charge in [0.2, 0.25) is 15.3 Å². The van der Waals surface area contributed by atoms with Crippen LogP contribution in [0, 0.1) is 0 Å². The molecule has 0 aliphatic carbocycles. The molecule has 0 radical (unpaired) electrons. The molecule has 1 heterocycles. The zero-order chi connectivity index (χ0) is 14.8. The summed E-state index contributed by atoms with van der Waals surface area (Å²) < 4.78 is 36.2. The van der Waals surface area contributed by atoms with Crippen molar-refractivity contribution in [2.75, 3.05) is 33.5 Å². The quantitative estimate of drug-likeness (QED) is 0.507. The Labute approximate surface area is 123 Å². The van der Waals surface area contributed by atoms with Crippen LogP contribution >= 0.6 is 11.6 Å². The molecule has 0 spiro atoms. The number of aromatic nitrogens is 2. The Kier molecular flexibility index (Phi) is 7.93. The highest BCUT2D eigenvalue weighted by Gasteiger charge is 2.14. The van der Waals surface area contributed by atoms with Crippen molar-refractivity contribution in [2.45, 2.75) is 17.7 Å². The average Bonchev–Trinajstić information content (AvgIpc) is 2.42. The van der Waals surface area contributed by atoms with Crippen molar-refractivity contribution in [3.8, 4) is 0 Å². The van der Waals surface area contributed by atoms with Gasteiger partial charge in [-0.25, -0.2) is 23.1 Å². The summed E-state index contributed by atoms with van der Waals surface area (Å²) in [6, 6.07) is 0. The molecule has 20 heavy (non-hydrogen) atoms. The first kappa shape index (κ1) is 17.3. The molecule has 0 bridgehead atoms. The van der Waals surface area contributed by atoms with E-state index in [0.717, 1.165) is 6.42 Å². The molecular formula is C11H18ClN3O4S. The summed E-state index contributed by atoms with van der Waals surface area (Å²) in [5, 5.41) is 0.0113. The molecule has 0 saturated carbocycles. The van der Waals surface area contributed by atoms with Crippen LogP contribution in [0.5, 0.6) is 0 Å². The highest BCUT2D eigenvalue weighted by atomic mass is 35.5. The SMILES string of the molecule is COCCOCCCCNS(=O)(=O)c1cnc(Cl)nc1. The summed E-state index contributed by atoms with van der Waals surface area (Å²) in [4.78, 5) is 7.27. The molecule has 0 aromatic carbocycles. The van der Waals surface area contributed by atoms with E-state index >= 15 is 0 Å². The summed E-state index contributed by atoms with van der Waals surface area (Å²) in [6.45, 7) is 2.02. The average molecular weight is 324 g/mol. The van der Waals surface area contributed by atoms with E-state index in [1.807, 2.05) is 0 Å². The fourth-order valence-corrected chi connectivity index (χ4v) is 2.36. The van der Waals surface area contributed by atoms with Crippen molar-refractivity contribution in [1.82, 2.24) is 14.7 Å². The third-order valence-corrected chi connectivity index (χ3v) is 3.96. The van der Waals surface area contributed by atoms with Gasteiger partial charge in [0.25, 0.3) is 0 Å². The Hall–Kier alpha value is -0.800. The first-order chi connectivity index (χ1) is 9.56. The molecule has 0 fully saturated rings. The van der Waals surface area contributed by atoms with E-state index in [-0.39, 0.29) is 10.2 Å². The van der Waals surface area contributed by atoms with E-state index in [4.69, 9.17) is 21.1 Å². The molecule has 0 aliphatic rings. The molecule has 1 rings (SSSR count). The highest BCUT2D eigenvalue weighted by molar-refractivity contribution is 7.89. The predicted octanol–water partition coefficient (Wildman–Crippen LogP) is 0.851. The summed E-state index contributed by atoms with van der Waals surface area (Å²) >= 11 is 5.50. The first-order valence-electron chi connectivity index (χ1n) is 6.10. The van der Waals surface area contributed by atoms with Crippen molar-refractivity contribution in [3.05, 3.63) is 17.7 Å². The lowest BCUT2D eigenvalue weighted by molar-refractivity contribution is 0.0689. The van der Waals surface area contributed by atoms with Gasteiger partial charge in [0.15, 0.2) is 0 Å². The number of halogens is 1. The molecular weight excluding hydrogens is 306 g/mol. The number of sulfonamides is 1. The number of methoxy groups -OCH3 is 1. The van der Waals surface area contributed by atoms with Crippen molar-refractivity contribution >= 4 is 21.6 Å². The predicted molar refractivity (Wildman–Crippen MR) is 74.2 cm³/mol. The van der Waals surface area contributed by atoms with Gasteiger partial charge < -0.3 is 9.47 Å². The van der Waals surface area contributed by atoms with Crippen molar-refractivity contribution in [2.24, 2.45) is 0 Å². The standard InChI is InChI=1S/C11H18ClN3O4S/c1-18-6-7-19-5-3-2-4-15-20(16,17)10-8-13-11(12)14-9-10/h8-9,15H,2-7H2,1H3. The molecule has 0 atom stereocenters. The lowest BCUT2D eigenvalue weighted by Gasteiger charge is -2.06. The number of nitrogens with zero attached hydrogens (tertiary/aromatic N) is 2. The zero-order valence-electron chi connectivity index (χ0n) is 11.2. The lowest BCUT2D eigenvalue weighted by Crippen LogP contribution is -2.25. The number of nitrogens with one attached hydrogen (secondary N) is 1. The minimum atomic E-state index is -3.57. The molecule has 0 amide bonds. The molecule has 0 aliphatic heterocycles. The van der Waals surface area contributed by atoms with Crippen LogP contribution in [0.4, 0.5) is 0 Å². The van der Waals surface area contributed by atoms with Gasteiger partial charge in [-0.05, 0) is 24.4 Å². The Morgan fingerprint density at radius 1 is 1.20 bits per heavy atom. The van der Waals surface area contributed by atoms with Crippen molar-refractivity contribution in [1.29, 1.82) is 0 Å². The number of unbranched alkanes of at least 4 members (excludes halogenated alkanes) is 1. The Balaban J connectivity index is 2.22. The van der Waals surface area contributed by atoms with Crippen LogP contribution < -0.4 is 4.72 Å². The van der Waals surface area contributed by atoms with Gasteiger partial charge in [-0.2, -0.15) is 0 Å². The summed E-state index contributed by atoms with van der Waals surface area (Å²) in [6.07, 6.45) is 3.79. The number of ether oxygens (including phenoxy) is 2. The molecule has 7 nitrogen and oxygen atoms in total. The second kappa shape index (κ2) is 9.19. The van der Waals surface area contributed by atoms with Crippen LogP contribution in [0.2, 0.25) is 5.28 Å². The smallest absolute Gasteiger partial charge is 0.243 e. The third-order valence-electron chi connectivity index (χ3n) is 2.35. The second-order valence-electron chi connectivity index (χ2n) is 3.90. The highest BCUT2D eigenvalue weighted by Crippen LogP contribution is 2.07. The molecule has 0 saturated heterocycles. The molecule has 1 N–H and O–H groups in total. The Morgan fingerprint density at radius 3 is 2.55 bits per heavy atom. The summed E-state index contributed by atoms with van der Waals surface area (Å²) in [5.41, 5.74) is 0. The van der Waals surface area contributed by atoms with E-state index in [2.05, 4.69) is 14.7 Å². The van der Waals surface area contributed by atoms with E-state index in [9.17, 15) is 8.42 Å². The van der Waals surface area contributed by atoms with Crippen molar-refractivity contribution in [3.63, 3.8) is 0 Å². The van der Waals surface area contributed by atoms with Crippen LogP contribution in [0.3, 0.4) is 0 Å². The number of rotatable bonds is 10. The van der Waals surface area contributed by atoms with E-state index in [0.29, 0.717) is 32.8 Å². The third kappa shape index (κ3) is 6.58. The molecule has 0 unspecified atom stereocenters. The molecule has 114 valence electrons. The van der Waals surface area contributed by atoms with Gasteiger partial charge in [0, 0.05) is 20.3 Å². The van der Waals surface area contributed by atoms with Crippen molar-refractivity contribution < 1.29 is 17.9 Å². The number of hydrogen-bond acceptors (Lipinski definition) is 6. The topological polar surface area (TPSA) is 90.4 Å². The Morgan fingerprint density at radius 2 is 1.90 bits per heavy atom. The monoisotopic (exact) mass is 323 g/mol. The van der Waals surface area contributed by atoms with Gasteiger partial charge >= 0.3 is 0 Å². The first-order valence-corrected chi connectivity index (χ1v) is 7.96. The van der Waals surface area contributed by atoms with Crippen LogP contribution in [0.15, 0.2) is 17.3 Å². The molecule has 1 aromatic heterocycles. The van der Waals surface area contributed by atoms with Crippen LogP contribution in [0.1, 0.15) is 12.8 Å². The maximum atomic E-state index is 11.8. The fourth-order valence-electron chi connectivity index (χ4n) is 1.30. The summed E-state index contributed by atoms with van der Waals surface area (Å²) in [5.74, 6) is 0. The van der Waals surface area contributed by atoms with E-state index < -0.39 is 10.0 Å². The van der Waals surface area contributed by atoms with Gasteiger partial charge in [0.05, 0.1) is 25.6 Å². The van der Waals surface area contributed by atoms with Gasteiger partial charge in [0.1, 0.15) is 4.90 Å². The number of hydrogen-bond donors (Lipinski definition) is 1. The van der Waals surface area contributed by atoms with Crippen LogP contribution in [-0.2, 0) is 19.5 Å². The minimum absolute atomic E-state index is 0.00163. The molecule has 1 aromatic rings. The van der Waals surface area contributed by atoms with Gasteiger partial charge in [-0.3, -0.25) is 0 Å². The maximum absolute atomic E-state index is 11.8. The summed E-state index contributed by atoms with van der Waals surface area (Å²) in [7, 11) is -1.96. The largest absolute Gasteiger partial charge is 0.382 e. The van der Waals surface area contributed by atoms with E-state index in [1.165, 1.54) is 12.4 Å². The zero-order valence-corrected chi connectivity index (χ0v) is 12.8. The van der Waals surface area contributed by atoms with E-state index in [1.54, 1.807) is 7.11 Å². The second-order valence-corrected chi connectivity index (χ2v) is 6.00. The van der Waals surface area contributed by atoms with Gasteiger partial charge in [-0.15, -0.1) is 0 Å². The normalized spacial score (nSPS) is 11.7. The maximum Gasteiger partial charge on any atom is 0.243 e. The van der Waals surface area contributed by atoms with Gasteiger partial charge in [-0.1, -0.05) is 0 Å². The fraction of sp³-hybridized carbons (Fsp3) is 0.636. The minimum Gasteiger partial charge on any atom is -0.382 e.